The fourth-order valence-electron chi connectivity index (χ4n) is 0.139. The summed E-state index contributed by atoms with van der Waals surface area (Å²) in [4.78, 5) is 45.9. The summed E-state index contributed by atoms with van der Waals surface area (Å²) in [6.45, 7) is 0. The molecule has 0 bridgehead atoms. The highest BCUT2D eigenvalue weighted by Gasteiger charge is 2.27. The fraction of sp³-hybridized carbons (Fsp3) is 0. The SMILES string of the molecule is O=P(O)(O)OO.O=P(O)(O)OP(=O)(O)O. The molecule has 0 aliphatic carbocycles. The molecule has 94 valence electrons. The largest absolute Gasteiger partial charge is 0.496 e. The molecule has 0 fully saturated rings. The van der Waals surface area contributed by atoms with Crippen molar-refractivity contribution >= 4 is 23.5 Å². The number of hydrogen-bond acceptors (Lipinski definition) is 6. The van der Waals surface area contributed by atoms with E-state index >= 15 is 0 Å². The third-order valence-corrected chi connectivity index (χ3v) is 2.23. The predicted molar refractivity (Wildman–Crippen MR) is 40.9 cm³/mol. The summed E-state index contributed by atoms with van der Waals surface area (Å²) in [6.07, 6.45) is 0. The summed E-state index contributed by atoms with van der Waals surface area (Å²) in [5, 5.41) is 7.14. The molecule has 0 atom stereocenters. The lowest BCUT2D eigenvalue weighted by Crippen LogP contribution is -1.84. The molecule has 0 radical (unpaired) electrons. The van der Waals surface area contributed by atoms with Crippen molar-refractivity contribution in [2.75, 3.05) is 0 Å². The number of hydrogen-bond donors (Lipinski definition) is 7. The van der Waals surface area contributed by atoms with Crippen molar-refractivity contribution in [1.29, 1.82) is 0 Å². The van der Waals surface area contributed by atoms with E-state index in [0.29, 0.717) is 0 Å². The van der Waals surface area contributed by atoms with E-state index in [4.69, 9.17) is 34.6 Å². The van der Waals surface area contributed by atoms with Gasteiger partial charge in [-0.25, -0.2) is 19.0 Å². The first-order valence-electron chi connectivity index (χ1n) is 2.48. The monoisotopic (exact) mass is 292 g/mol. The van der Waals surface area contributed by atoms with Gasteiger partial charge in [-0.15, -0.1) is 4.67 Å². The molecular formula is H7O12P3. The zero-order valence-corrected chi connectivity index (χ0v) is 9.20. The minimum Gasteiger partial charge on any atom is -0.302 e. The lowest BCUT2D eigenvalue weighted by molar-refractivity contribution is -0.158. The first kappa shape index (κ1) is 17.7. The molecule has 0 amide bonds. The van der Waals surface area contributed by atoms with E-state index < -0.39 is 23.5 Å². The molecule has 0 saturated carbocycles. The summed E-state index contributed by atoms with van der Waals surface area (Å²) >= 11 is 0. The third kappa shape index (κ3) is 25.0. The molecule has 12 nitrogen and oxygen atoms in total. The molecule has 0 aliphatic heterocycles. The zero-order chi connectivity index (χ0) is 12.9. The molecule has 15 heavy (non-hydrogen) atoms. The average Bonchev–Trinajstić information content (AvgIpc) is 1.78. The fourth-order valence-corrected chi connectivity index (χ4v) is 1.25. The van der Waals surface area contributed by atoms with Crippen LogP contribution in [0.25, 0.3) is 0 Å². The van der Waals surface area contributed by atoms with Crippen LogP contribution in [-0.4, -0.2) is 34.6 Å². The Hall–Kier alpha value is 0.330. The van der Waals surface area contributed by atoms with Gasteiger partial charge in [0.05, 0.1) is 0 Å². The summed E-state index contributed by atoms with van der Waals surface area (Å²) < 4.78 is 34.0. The van der Waals surface area contributed by atoms with Crippen LogP contribution in [0.4, 0.5) is 0 Å². The van der Waals surface area contributed by atoms with Gasteiger partial charge >= 0.3 is 23.5 Å². The highest BCUT2D eigenvalue weighted by Crippen LogP contribution is 2.53. The van der Waals surface area contributed by atoms with Gasteiger partial charge < -0.3 is 29.4 Å². The minimum absolute atomic E-state index is 2.60. The van der Waals surface area contributed by atoms with E-state index in [1.54, 1.807) is 0 Å². The summed E-state index contributed by atoms with van der Waals surface area (Å²) in [6, 6.07) is 0. The van der Waals surface area contributed by atoms with Gasteiger partial charge in [0.25, 0.3) is 0 Å². The maximum Gasteiger partial charge on any atom is 0.496 e. The van der Waals surface area contributed by atoms with Crippen molar-refractivity contribution in [2.45, 2.75) is 0 Å². The summed E-state index contributed by atoms with van der Waals surface area (Å²) in [7, 11) is -14.7. The van der Waals surface area contributed by atoms with Crippen LogP contribution in [-0.2, 0) is 22.7 Å². The van der Waals surface area contributed by atoms with Crippen LogP contribution in [0.5, 0.6) is 0 Å². The molecule has 0 rings (SSSR count). The molecule has 15 heteroatoms. The molecule has 0 saturated heterocycles. The van der Waals surface area contributed by atoms with E-state index in [0.717, 1.165) is 0 Å². The predicted octanol–water partition coefficient (Wildman–Crippen LogP) is -1.24. The molecular weight excluding hydrogens is 285 g/mol. The molecule has 0 spiro atoms. The first-order chi connectivity index (χ1) is 6.27. The summed E-state index contributed by atoms with van der Waals surface area (Å²) in [5.41, 5.74) is 0. The lowest BCUT2D eigenvalue weighted by atomic mass is 15.0. The second-order valence-electron chi connectivity index (χ2n) is 1.64. The van der Waals surface area contributed by atoms with Crippen LogP contribution in [0.3, 0.4) is 0 Å². The van der Waals surface area contributed by atoms with Gasteiger partial charge in [0.1, 0.15) is 0 Å². The molecule has 0 aliphatic rings. The normalized spacial score (nSPS) is 13.0. The average molecular weight is 292 g/mol. The Morgan fingerprint density at radius 2 is 0.867 bits per heavy atom. The van der Waals surface area contributed by atoms with Gasteiger partial charge in [-0.05, 0) is 0 Å². The smallest absolute Gasteiger partial charge is 0.302 e. The van der Waals surface area contributed by atoms with Crippen LogP contribution >= 0.6 is 23.5 Å². The number of phosphoric acid groups is 3. The van der Waals surface area contributed by atoms with E-state index in [9.17, 15) is 13.7 Å². The maximum atomic E-state index is 9.63. The maximum absolute atomic E-state index is 9.63. The van der Waals surface area contributed by atoms with Crippen LogP contribution in [0.2, 0.25) is 0 Å². The van der Waals surface area contributed by atoms with Gasteiger partial charge in [-0.1, -0.05) is 0 Å². The third-order valence-electron chi connectivity index (χ3n) is 0.319. The van der Waals surface area contributed by atoms with Crippen molar-refractivity contribution in [3.63, 3.8) is 0 Å². The van der Waals surface area contributed by atoms with Crippen LogP contribution in [0.15, 0.2) is 0 Å². The Kier molecular flexibility index (Phi) is 7.28. The van der Waals surface area contributed by atoms with E-state index in [-0.39, 0.29) is 0 Å². The molecule has 0 unspecified atom stereocenters. The van der Waals surface area contributed by atoms with Gasteiger partial charge in [0, 0.05) is 0 Å². The molecule has 7 N–H and O–H groups in total. The van der Waals surface area contributed by atoms with Crippen LogP contribution in [0, 0.1) is 0 Å². The zero-order valence-electron chi connectivity index (χ0n) is 6.51. The standard InChI is InChI=1S/H4O7P2.H3O5P/c1-8(2,3)7-9(4,5)6;1-5-6(2,3)4/h(H2,1,2,3)(H2,4,5,6);1H,(H2,2,3,4). The minimum atomic E-state index is -5.05. The first-order valence-corrected chi connectivity index (χ1v) is 7.07. The number of rotatable bonds is 3. The van der Waals surface area contributed by atoms with Crippen molar-refractivity contribution in [3.05, 3.63) is 0 Å². The van der Waals surface area contributed by atoms with Gasteiger partial charge in [0.15, 0.2) is 0 Å². The molecule has 0 heterocycles. The van der Waals surface area contributed by atoms with Crippen molar-refractivity contribution in [1.82, 2.24) is 0 Å². The quantitative estimate of drug-likeness (QED) is 0.185. The Morgan fingerprint density at radius 3 is 0.867 bits per heavy atom. The summed E-state index contributed by atoms with van der Waals surface area (Å²) in [5.74, 6) is 0. The van der Waals surface area contributed by atoms with Crippen molar-refractivity contribution in [3.8, 4) is 0 Å². The van der Waals surface area contributed by atoms with E-state index in [2.05, 4.69) is 8.99 Å². The van der Waals surface area contributed by atoms with Crippen molar-refractivity contribution in [2.24, 2.45) is 0 Å². The Balaban J connectivity index is 0. The molecule has 0 aromatic heterocycles. The van der Waals surface area contributed by atoms with Gasteiger partial charge in [-0.2, -0.15) is 4.31 Å². The van der Waals surface area contributed by atoms with Gasteiger partial charge in [-0.3, -0.25) is 0 Å². The van der Waals surface area contributed by atoms with Crippen molar-refractivity contribution < 1.29 is 57.3 Å². The van der Waals surface area contributed by atoms with E-state index in [1.165, 1.54) is 0 Å². The van der Waals surface area contributed by atoms with Gasteiger partial charge in [0.2, 0.25) is 0 Å². The Bertz CT molecular complexity index is 275. The van der Waals surface area contributed by atoms with E-state index in [1.807, 2.05) is 0 Å². The lowest BCUT2D eigenvalue weighted by Gasteiger charge is -2.03. The second-order valence-corrected chi connectivity index (χ2v) is 5.39. The Labute approximate surface area is 81.7 Å². The molecule has 0 aromatic carbocycles. The topological polar surface area (TPSA) is 211 Å². The highest BCUT2D eigenvalue weighted by molar-refractivity contribution is 7.60. The second kappa shape index (κ2) is 6.16. The van der Waals surface area contributed by atoms with Crippen LogP contribution < -0.4 is 0 Å². The highest BCUT2D eigenvalue weighted by atomic mass is 31.3. The Morgan fingerprint density at radius 1 is 0.667 bits per heavy atom. The molecule has 0 aromatic rings. The van der Waals surface area contributed by atoms with Crippen LogP contribution in [0.1, 0.15) is 0 Å².